The van der Waals surface area contributed by atoms with Crippen molar-refractivity contribution < 1.29 is 9.47 Å². The van der Waals surface area contributed by atoms with Crippen molar-refractivity contribution in [3.8, 4) is 11.5 Å². The molecule has 0 unspecified atom stereocenters. The number of ether oxygens (including phenoxy) is 2. The topological polar surface area (TPSA) is 33.7 Å². The van der Waals surface area contributed by atoms with Crippen LogP contribution in [0.3, 0.4) is 0 Å². The summed E-state index contributed by atoms with van der Waals surface area (Å²) in [5, 5.41) is 4.25. The Morgan fingerprint density at radius 1 is 0.920 bits per heavy atom. The van der Waals surface area contributed by atoms with Crippen molar-refractivity contribution in [3.63, 3.8) is 0 Å². The van der Waals surface area contributed by atoms with E-state index < -0.39 is 0 Å². The largest absolute Gasteiger partial charge is 0.486 e. The van der Waals surface area contributed by atoms with Crippen molar-refractivity contribution in [2.24, 2.45) is 0 Å². The molecule has 4 nitrogen and oxygen atoms in total. The summed E-state index contributed by atoms with van der Waals surface area (Å²) in [4.78, 5) is 2.39. The van der Waals surface area contributed by atoms with Gasteiger partial charge in [0.25, 0.3) is 0 Å². The summed E-state index contributed by atoms with van der Waals surface area (Å²) in [5.74, 6) is 1.65. The first kappa shape index (κ1) is 16.4. The van der Waals surface area contributed by atoms with Crippen molar-refractivity contribution in [1.29, 1.82) is 0 Å². The maximum absolute atomic E-state index is 6.52. The fourth-order valence-corrected chi connectivity index (χ4v) is 3.71. The zero-order valence-corrected chi connectivity index (χ0v) is 15.0. The van der Waals surface area contributed by atoms with E-state index in [1.807, 2.05) is 18.2 Å². The van der Waals surface area contributed by atoms with E-state index in [4.69, 9.17) is 21.1 Å². The SMILES string of the molecule is Clc1cc(NCc2ccc3c(c2)OCCO3)ccc1N1CCCCC1. The molecule has 1 saturated heterocycles. The van der Waals surface area contributed by atoms with Gasteiger partial charge in [0.2, 0.25) is 0 Å². The number of hydrogen-bond acceptors (Lipinski definition) is 4. The van der Waals surface area contributed by atoms with Crippen LogP contribution < -0.4 is 19.7 Å². The minimum Gasteiger partial charge on any atom is -0.486 e. The molecule has 2 aromatic rings. The predicted molar refractivity (Wildman–Crippen MR) is 102 cm³/mol. The Kier molecular flexibility index (Phi) is 4.88. The number of halogens is 1. The molecular formula is C20H23ClN2O2. The van der Waals surface area contributed by atoms with Gasteiger partial charge in [0, 0.05) is 25.3 Å². The van der Waals surface area contributed by atoms with Crippen LogP contribution in [0.2, 0.25) is 5.02 Å². The highest BCUT2D eigenvalue weighted by atomic mass is 35.5. The van der Waals surface area contributed by atoms with E-state index in [1.165, 1.54) is 19.3 Å². The van der Waals surface area contributed by atoms with Gasteiger partial charge in [-0.25, -0.2) is 0 Å². The van der Waals surface area contributed by atoms with Crippen LogP contribution in [0.15, 0.2) is 36.4 Å². The summed E-state index contributed by atoms with van der Waals surface area (Å²) in [6.07, 6.45) is 3.82. The number of fused-ring (bicyclic) bond motifs is 1. The Morgan fingerprint density at radius 3 is 2.52 bits per heavy atom. The van der Waals surface area contributed by atoms with Gasteiger partial charge in [0.05, 0.1) is 10.7 Å². The van der Waals surface area contributed by atoms with Crippen molar-refractivity contribution in [1.82, 2.24) is 0 Å². The van der Waals surface area contributed by atoms with Crippen molar-refractivity contribution in [2.45, 2.75) is 25.8 Å². The molecule has 0 radical (unpaired) electrons. The van der Waals surface area contributed by atoms with Gasteiger partial charge < -0.3 is 19.7 Å². The summed E-state index contributed by atoms with van der Waals surface area (Å²) < 4.78 is 11.2. The van der Waals surface area contributed by atoms with Crippen LogP contribution in [0.1, 0.15) is 24.8 Å². The van der Waals surface area contributed by atoms with Crippen LogP contribution in [0.25, 0.3) is 0 Å². The maximum Gasteiger partial charge on any atom is 0.161 e. The van der Waals surface area contributed by atoms with Gasteiger partial charge in [0.15, 0.2) is 11.5 Å². The van der Waals surface area contributed by atoms with Crippen LogP contribution in [-0.4, -0.2) is 26.3 Å². The monoisotopic (exact) mass is 358 g/mol. The van der Waals surface area contributed by atoms with E-state index in [-0.39, 0.29) is 0 Å². The predicted octanol–water partition coefficient (Wildman–Crippen LogP) is 4.71. The average Bonchev–Trinajstić information content (AvgIpc) is 2.67. The van der Waals surface area contributed by atoms with Crippen LogP contribution in [0.5, 0.6) is 11.5 Å². The third kappa shape index (κ3) is 3.79. The Hall–Kier alpha value is -2.07. The highest BCUT2D eigenvalue weighted by molar-refractivity contribution is 6.33. The maximum atomic E-state index is 6.52. The van der Waals surface area contributed by atoms with Gasteiger partial charge in [-0.15, -0.1) is 0 Å². The molecule has 0 atom stereocenters. The van der Waals surface area contributed by atoms with Gasteiger partial charge >= 0.3 is 0 Å². The lowest BCUT2D eigenvalue weighted by atomic mass is 10.1. The molecule has 5 heteroatoms. The summed E-state index contributed by atoms with van der Waals surface area (Å²) in [6.45, 7) is 4.15. The number of nitrogens with zero attached hydrogens (tertiary/aromatic N) is 1. The van der Waals surface area contributed by atoms with Crippen molar-refractivity contribution in [2.75, 3.05) is 36.5 Å². The Balaban J connectivity index is 1.42. The number of anilines is 2. The van der Waals surface area contributed by atoms with Gasteiger partial charge in [0.1, 0.15) is 13.2 Å². The number of nitrogens with one attached hydrogen (secondary N) is 1. The molecule has 0 amide bonds. The van der Waals surface area contributed by atoms with Crippen molar-refractivity contribution >= 4 is 23.0 Å². The third-order valence-electron chi connectivity index (χ3n) is 4.75. The summed E-state index contributed by atoms with van der Waals surface area (Å²) >= 11 is 6.52. The van der Waals surface area contributed by atoms with E-state index in [2.05, 4.69) is 28.4 Å². The van der Waals surface area contributed by atoms with E-state index in [1.54, 1.807) is 0 Å². The van der Waals surface area contributed by atoms with E-state index in [9.17, 15) is 0 Å². The number of hydrogen-bond donors (Lipinski definition) is 1. The Labute approximate surface area is 153 Å². The van der Waals surface area contributed by atoms with Gasteiger partial charge in [-0.1, -0.05) is 17.7 Å². The van der Waals surface area contributed by atoms with Crippen LogP contribution >= 0.6 is 11.6 Å². The first-order chi connectivity index (χ1) is 12.3. The van der Waals surface area contributed by atoms with E-state index in [0.717, 1.165) is 53.1 Å². The summed E-state index contributed by atoms with van der Waals surface area (Å²) in [7, 11) is 0. The van der Waals surface area contributed by atoms with Crippen LogP contribution in [0, 0.1) is 0 Å². The van der Waals surface area contributed by atoms with Gasteiger partial charge in [-0.3, -0.25) is 0 Å². The summed E-state index contributed by atoms with van der Waals surface area (Å²) in [6, 6.07) is 12.3. The quantitative estimate of drug-likeness (QED) is 0.857. The van der Waals surface area contributed by atoms with Gasteiger partial charge in [-0.2, -0.15) is 0 Å². The minimum atomic E-state index is 0.609. The third-order valence-corrected chi connectivity index (χ3v) is 5.05. The molecule has 1 fully saturated rings. The lowest BCUT2D eigenvalue weighted by Crippen LogP contribution is -2.29. The standard InChI is InChI=1S/C20H23ClN2O2/c21-17-13-16(5-6-18(17)23-8-2-1-3-9-23)22-14-15-4-7-19-20(12-15)25-11-10-24-19/h4-7,12-13,22H,1-3,8-11,14H2. The molecule has 4 rings (SSSR count). The fourth-order valence-electron chi connectivity index (χ4n) is 3.41. The number of rotatable bonds is 4. The molecule has 2 aliphatic heterocycles. The molecule has 0 saturated carbocycles. The average molecular weight is 359 g/mol. The van der Waals surface area contributed by atoms with Crippen LogP contribution in [-0.2, 0) is 6.54 Å². The number of benzene rings is 2. The highest BCUT2D eigenvalue weighted by Gasteiger charge is 2.14. The molecule has 0 aromatic heterocycles. The molecule has 1 N–H and O–H groups in total. The zero-order valence-electron chi connectivity index (χ0n) is 14.3. The molecule has 0 aliphatic carbocycles. The second-order valence-corrected chi connectivity index (χ2v) is 6.95. The first-order valence-electron chi connectivity index (χ1n) is 8.96. The summed E-state index contributed by atoms with van der Waals surface area (Å²) in [5.41, 5.74) is 3.33. The minimum absolute atomic E-state index is 0.609. The molecule has 0 bridgehead atoms. The molecule has 0 spiro atoms. The molecular weight excluding hydrogens is 336 g/mol. The Bertz CT molecular complexity index is 744. The molecule has 25 heavy (non-hydrogen) atoms. The molecule has 2 aliphatic rings. The van der Waals surface area contributed by atoms with Gasteiger partial charge in [-0.05, 0) is 55.2 Å². The molecule has 132 valence electrons. The van der Waals surface area contributed by atoms with Crippen molar-refractivity contribution in [3.05, 3.63) is 47.0 Å². The molecule has 2 aromatic carbocycles. The lowest BCUT2D eigenvalue weighted by molar-refractivity contribution is 0.171. The normalized spacial score (nSPS) is 16.6. The Morgan fingerprint density at radius 2 is 1.72 bits per heavy atom. The second kappa shape index (κ2) is 7.44. The smallest absolute Gasteiger partial charge is 0.161 e. The first-order valence-corrected chi connectivity index (χ1v) is 9.34. The second-order valence-electron chi connectivity index (χ2n) is 6.55. The zero-order chi connectivity index (χ0) is 17.1. The fraction of sp³-hybridized carbons (Fsp3) is 0.400. The van der Waals surface area contributed by atoms with E-state index in [0.29, 0.717) is 13.2 Å². The van der Waals surface area contributed by atoms with Crippen LogP contribution in [0.4, 0.5) is 11.4 Å². The highest BCUT2D eigenvalue weighted by Crippen LogP contribution is 2.32. The van der Waals surface area contributed by atoms with E-state index >= 15 is 0 Å². The number of piperidine rings is 1. The lowest BCUT2D eigenvalue weighted by Gasteiger charge is -2.29. The molecule has 2 heterocycles.